The third-order valence-corrected chi connectivity index (χ3v) is 8.42. The molecule has 0 aromatic heterocycles. The number of sulfonamides is 1. The summed E-state index contributed by atoms with van der Waals surface area (Å²) in [6.07, 6.45) is 1.23. The number of benzene rings is 2. The number of amides is 2. The summed E-state index contributed by atoms with van der Waals surface area (Å²) in [7, 11) is -3.45. The Balaban J connectivity index is 1.29. The van der Waals surface area contributed by atoms with E-state index in [-0.39, 0.29) is 17.7 Å². The highest BCUT2D eigenvalue weighted by molar-refractivity contribution is 7.89. The van der Waals surface area contributed by atoms with Crippen molar-refractivity contribution in [1.82, 2.24) is 14.1 Å². The molecule has 2 aliphatic rings. The second-order valence-electron chi connectivity index (χ2n) is 8.66. The van der Waals surface area contributed by atoms with Crippen molar-refractivity contribution in [2.75, 3.05) is 39.3 Å². The predicted octanol–water partition coefficient (Wildman–Crippen LogP) is 1.53. The number of piperazine rings is 1. The smallest absolute Gasteiger partial charge is 0.253 e. The summed E-state index contributed by atoms with van der Waals surface area (Å²) in [5, 5.41) is 0. The van der Waals surface area contributed by atoms with Crippen molar-refractivity contribution in [2.45, 2.75) is 24.3 Å². The van der Waals surface area contributed by atoms with Gasteiger partial charge >= 0.3 is 0 Å². The van der Waals surface area contributed by atoms with E-state index < -0.39 is 10.0 Å². The van der Waals surface area contributed by atoms with E-state index in [4.69, 9.17) is 5.73 Å². The van der Waals surface area contributed by atoms with Gasteiger partial charge in [0.2, 0.25) is 15.9 Å². The minimum absolute atomic E-state index is 0.0239. The Bertz CT molecular complexity index is 1070. The van der Waals surface area contributed by atoms with Crippen molar-refractivity contribution in [1.29, 1.82) is 0 Å². The van der Waals surface area contributed by atoms with Crippen molar-refractivity contribution < 1.29 is 18.0 Å². The van der Waals surface area contributed by atoms with Gasteiger partial charge in [-0.15, -0.1) is 0 Å². The summed E-state index contributed by atoms with van der Waals surface area (Å²) in [6, 6.07) is 16.1. The molecular formula is C24H30N4O4S. The predicted molar refractivity (Wildman–Crippen MR) is 125 cm³/mol. The lowest BCUT2D eigenvalue weighted by Crippen LogP contribution is -2.48. The van der Waals surface area contributed by atoms with Gasteiger partial charge in [0.1, 0.15) is 0 Å². The molecule has 0 atom stereocenters. The Hall–Kier alpha value is -2.75. The minimum atomic E-state index is -3.45. The first-order valence-corrected chi connectivity index (χ1v) is 12.7. The number of rotatable bonds is 6. The van der Waals surface area contributed by atoms with Crippen LogP contribution in [0.1, 0.15) is 28.8 Å². The van der Waals surface area contributed by atoms with Crippen LogP contribution in [0.3, 0.4) is 0 Å². The second kappa shape index (κ2) is 10.0. The summed E-state index contributed by atoms with van der Waals surface area (Å²) in [4.78, 5) is 28.4. The van der Waals surface area contributed by atoms with Gasteiger partial charge in [0.25, 0.3) is 5.91 Å². The molecule has 0 spiro atoms. The minimum Gasteiger partial charge on any atom is -0.369 e. The van der Waals surface area contributed by atoms with Crippen molar-refractivity contribution in [3.8, 4) is 0 Å². The zero-order chi connectivity index (χ0) is 23.4. The molecule has 0 radical (unpaired) electrons. The fourth-order valence-corrected chi connectivity index (χ4v) is 5.87. The summed E-state index contributed by atoms with van der Waals surface area (Å²) in [5.41, 5.74) is 7.09. The fourth-order valence-electron chi connectivity index (χ4n) is 4.43. The lowest BCUT2D eigenvalue weighted by molar-refractivity contribution is -0.123. The number of carbonyl (C=O) groups is 2. The first kappa shape index (κ1) is 23.4. The molecule has 2 fully saturated rings. The van der Waals surface area contributed by atoms with E-state index in [1.807, 2.05) is 30.3 Å². The summed E-state index contributed by atoms with van der Waals surface area (Å²) in [6.45, 7) is 4.01. The van der Waals surface area contributed by atoms with Gasteiger partial charge in [0.15, 0.2) is 0 Å². The Kier molecular flexibility index (Phi) is 7.11. The molecule has 0 unspecified atom stereocenters. The van der Waals surface area contributed by atoms with Crippen LogP contribution in [0.4, 0.5) is 0 Å². The third kappa shape index (κ3) is 5.43. The van der Waals surface area contributed by atoms with Crippen LogP contribution in [0, 0.1) is 5.92 Å². The highest BCUT2D eigenvalue weighted by atomic mass is 32.2. The van der Waals surface area contributed by atoms with Crippen molar-refractivity contribution in [3.63, 3.8) is 0 Å². The van der Waals surface area contributed by atoms with E-state index >= 15 is 0 Å². The van der Waals surface area contributed by atoms with Crippen molar-refractivity contribution in [2.24, 2.45) is 11.7 Å². The SMILES string of the molecule is NC(=O)C1CCN(C(=O)c2ccc(CN3CCN(S(=O)(=O)c4ccccc4)CC3)cc2)CC1. The Labute approximate surface area is 195 Å². The lowest BCUT2D eigenvalue weighted by atomic mass is 9.96. The maximum atomic E-state index is 12.8. The monoisotopic (exact) mass is 470 g/mol. The molecule has 33 heavy (non-hydrogen) atoms. The topological polar surface area (TPSA) is 104 Å². The van der Waals surface area contributed by atoms with Gasteiger partial charge in [-0.05, 0) is 42.7 Å². The average molecular weight is 471 g/mol. The summed E-state index contributed by atoms with van der Waals surface area (Å²) >= 11 is 0. The zero-order valence-corrected chi connectivity index (χ0v) is 19.4. The van der Waals surface area contributed by atoms with Crippen LogP contribution in [0.15, 0.2) is 59.5 Å². The number of hydrogen-bond donors (Lipinski definition) is 1. The van der Waals surface area contributed by atoms with Crippen LogP contribution in [0.5, 0.6) is 0 Å². The number of primary amides is 1. The van der Waals surface area contributed by atoms with E-state index in [0.29, 0.717) is 69.1 Å². The van der Waals surface area contributed by atoms with Gasteiger partial charge in [-0.25, -0.2) is 8.42 Å². The molecule has 0 bridgehead atoms. The van der Waals surface area contributed by atoms with Gasteiger partial charge in [-0.3, -0.25) is 14.5 Å². The van der Waals surface area contributed by atoms with E-state index in [0.717, 1.165) is 5.56 Å². The van der Waals surface area contributed by atoms with E-state index in [1.54, 1.807) is 33.5 Å². The molecule has 176 valence electrons. The average Bonchev–Trinajstić information content (AvgIpc) is 2.85. The first-order valence-electron chi connectivity index (χ1n) is 11.3. The van der Waals surface area contributed by atoms with Gasteiger partial charge in [0.05, 0.1) is 4.90 Å². The second-order valence-corrected chi connectivity index (χ2v) is 10.6. The molecule has 2 saturated heterocycles. The van der Waals surface area contributed by atoms with Gasteiger partial charge in [-0.2, -0.15) is 4.31 Å². The molecule has 2 aromatic carbocycles. The van der Waals surface area contributed by atoms with E-state index in [2.05, 4.69) is 4.90 Å². The quantitative estimate of drug-likeness (QED) is 0.690. The van der Waals surface area contributed by atoms with Gasteiger partial charge in [0, 0.05) is 57.3 Å². The first-order chi connectivity index (χ1) is 15.8. The van der Waals surface area contributed by atoms with Gasteiger partial charge < -0.3 is 10.6 Å². The Morgan fingerprint density at radius 2 is 1.45 bits per heavy atom. The van der Waals surface area contributed by atoms with Crippen LogP contribution in [-0.2, 0) is 21.4 Å². The van der Waals surface area contributed by atoms with Crippen LogP contribution >= 0.6 is 0 Å². The summed E-state index contributed by atoms with van der Waals surface area (Å²) < 4.78 is 27.1. The zero-order valence-electron chi connectivity index (χ0n) is 18.6. The molecule has 4 rings (SSSR count). The van der Waals surface area contributed by atoms with Crippen LogP contribution in [0.2, 0.25) is 0 Å². The van der Waals surface area contributed by atoms with Crippen molar-refractivity contribution in [3.05, 3.63) is 65.7 Å². The lowest BCUT2D eigenvalue weighted by Gasteiger charge is -2.34. The molecule has 2 N–H and O–H groups in total. The molecule has 9 heteroatoms. The third-order valence-electron chi connectivity index (χ3n) is 6.50. The highest BCUT2D eigenvalue weighted by Gasteiger charge is 2.29. The van der Waals surface area contributed by atoms with Crippen LogP contribution in [-0.4, -0.2) is 73.6 Å². The van der Waals surface area contributed by atoms with Crippen LogP contribution in [0.25, 0.3) is 0 Å². The highest BCUT2D eigenvalue weighted by Crippen LogP contribution is 2.20. The standard InChI is InChI=1S/C24H30N4O4S/c25-23(29)20-10-12-27(13-11-20)24(30)21-8-6-19(7-9-21)18-26-14-16-28(17-15-26)33(31,32)22-4-2-1-3-5-22/h1-9,20H,10-18H2,(H2,25,29). The molecule has 0 saturated carbocycles. The molecule has 2 aliphatic heterocycles. The van der Waals surface area contributed by atoms with Gasteiger partial charge in [-0.1, -0.05) is 30.3 Å². The largest absolute Gasteiger partial charge is 0.369 e. The van der Waals surface area contributed by atoms with E-state index in [1.165, 1.54) is 0 Å². The number of likely N-dealkylation sites (tertiary alicyclic amines) is 1. The molecule has 0 aliphatic carbocycles. The number of hydrogen-bond acceptors (Lipinski definition) is 5. The molecule has 2 aromatic rings. The number of carbonyl (C=O) groups excluding carboxylic acids is 2. The molecular weight excluding hydrogens is 440 g/mol. The maximum Gasteiger partial charge on any atom is 0.253 e. The fraction of sp³-hybridized carbons (Fsp3) is 0.417. The Morgan fingerprint density at radius 3 is 2.03 bits per heavy atom. The number of nitrogens with zero attached hydrogens (tertiary/aromatic N) is 3. The number of nitrogens with two attached hydrogens (primary N) is 1. The van der Waals surface area contributed by atoms with E-state index in [9.17, 15) is 18.0 Å². The Morgan fingerprint density at radius 1 is 0.848 bits per heavy atom. The molecule has 2 amide bonds. The molecule has 8 nitrogen and oxygen atoms in total. The van der Waals surface area contributed by atoms with Crippen molar-refractivity contribution >= 4 is 21.8 Å². The van der Waals surface area contributed by atoms with Crippen LogP contribution < -0.4 is 5.73 Å². The maximum absolute atomic E-state index is 12.8. The molecule has 2 heterocycles. The number of piperidine rings is 1. The normalized spacial score (nSPS) is 18.8. The summed E-state index contributed by atoms with van der Waals surface area (Å²) in [5.74, 6) is -0.450.